The molecular formula is C19H23BrO3. The van der Waals surface area contributed by atoms with Crippen LogP contribution in [0.1, 0.15) is 51.0 Å². The van der Waals surface area contributed by atoms with E-state index >= 15 is 0 Å². The molecule has 3 nitrogen and oxygen atoms in total. The third-order valence-corrected chi connectivity index (χ3v) is 5.00. The molecule has 2 atom stereocenters. The van der Waals surface area contributed by atoms with Gasteiger partial charge in [0.15, 0.2) is 5.78 Å². The van der Waals surface area contributed by atoms with Gasteiger partial charge in [-0.1, -0.05) is 54.2 Å². The Labute approximate surface area is 145 Å². The lowest BCUT2D eigenvalue weighted by atomic mass is 9.88. The van der Waals surface area contributed by atoms with Crippen LogP contribution in [0.3, 0.4) is 0 Å². The van der Waals surface area contributed by atoms with Gasteiger partial charge in [-0.2, -0.15) is 0 Å². The third kappa shape index (κ3) is 5.03. The summed E-state index contributed by atoms with van der Waals surface area (Å²) in [5, 5.41) is 9.12. The molecule has 0 saturated heterocycles. The number of benzene rings is 1. The van der Waals surface area contributed by atoms with E-state index in [1.807, 2.05) is 30.3 Å². The van der Waals surface area contributed by atoms with Crippen LogP contribution in [0.25, 0.3) is 6.08 Å². The van der Waals surface area contributed by atoms with E-state index in [2.05, 4.69) is 22.9 Å². The maximum atomic E-state index is 12.7. The van der Waals surface area contributed by atoms with Crippen LogP contribution in [-0.4, -0.2) is 16.9 Å². The number of allylic oxidation sites excluding steroid dienone is 1. The first-order chi connectivity index (χ1) is 11.0. The number of hydrogen-bond donors (Lipinski definition) is 1. The van der Waals surface area contributed by atoms with Crippen molar-refractivity contribution in [3.63, 3.8) is 0 Å². The molecule has 1 saturated carbocycles. The number of Topliss-reactive ketones (excluding diaryl/α,β-unsaturated/α-hetero) is 1. The van der Waals surface area contributed by atoms with E-state index in [0.717, 1.165) is 41.3 Å². The molecule has 1 aromatic rings. The second-order valence-electron chi connectivity index (χ2n) is 6.25. The second kappa shape index (κ2) is 8.44. The predicted molar refractivity (Wildman–Crippen MR) is 95.1 cm³/mol. The molecule has 1 N–H and O–H groups in total. The molecule has 1 aliphatic carbocycles. The zero-order valence-corrected chi connectivity index (χ0v) is 15.0. The highest BCUT2D eigenvalue weighted by atomic mass is 79.9. The number of rotatable bonds is 7. The molecule has 0 aliphatic heterocycles. The van der Waals surface area contributed by atoms with Gasteiger partial charge in [0.1, 0.15) is 0 Å². The number of unbranched alkanes of at least 4 members (excludes halogenated alkanes) is 2. The van der Waals surface area contributed by atoms with E-state index in [9.17, 15) is 9.59 Å². The highest BCUT2D eigenvalue weighted by Gasteiger charge is 2.38. The number of ketones is 1. The molecule has 2 rings (SSSR count). The van der Waals surface area contributed by atoms with Crippen LogP contribution < -0.4 is 0 Å². The van der Waals surface area contributed by atoms with Gasteiger partial charge in [0, 0.05) is 16.8 Å². The molecule has 0 bridgehead atoms. The molecule has 0 heterocycles. The molecule has 0 radical (unpaired) electrons. The maximum absolute atomic E-state index is 12.7. The second-order valence-corrected chi connectivity index (χ2v) is 7.17. The minimum Gasteiger partial charge on any atom is -0.481 e. The van der Waals surface area contributed by atoms with Gasteiger partial charge < -0.3 is 5.11 Å². The molecule has 23 heavy (non-hydrogen) atoms. The van der Waals surface area contributed by atoms with Gasteiger partial charge in [0.2, 0.25) is 0 Å². The van der Waals surface area contributed by atoms with Crippen LogP contribution >= 0.6 is 15.9 Å². The first-order valence-electron chi connectivity index (χ1n) is 8.23. The van der Waals surface area contributed by atoms with Crippen molar-refractivity contribution >= 4 is 33.8 Å². The average Bonchev–Trinajstić information content (AvgIpc) is 2.78. The SMILES string of the molecule is CCCCC[C@H]1C(=O)/C(=C/c2ccc(Br)cc2)C[C@@H]1CC(=O)O. The number of carboxylic acids is 1. The average molecular weight is 379 g/mol. The molecule has 1 aliphatic rings. The summed E-state index contributed by atoms with van der Waals surface area (Å²) >= 11 is 3.40. The fourth-order valence-electron chi connectivity index (χ4n) is 3.29. The van der Waals surface area contributed by atoms with Crippen LogP contribution in [0.5, 0.6) is 0 Å². The highest BCUT2D eigenvalue weighted by Crippen LogP contribution is 2.39. The van der Waals surface area contributed by atoms with E-state index in [0.29, 0.717) is 6.42 Å². The first kappa shape index (κ1) is 17.9. The number of carbonyl (C=O) groups is 2. The zero-order chi connectivity index (χ0) is 16.8. The minimum absolute atomic E-state index is 0.0569. The molecule has 0 aromatic heterocycles. The number of carbonyl (C=O) groups excluding carboxylic acids is 1. The molecule has 4 heteroatoms. The van der Waals surface area contributed by atoms with Crippen molar-refractivity contribution in [1.29, 1.82) is 0 Å². The maximum Gasteiger partial charge on any atom is 0.303 e. The minimum atomic E-state index is -0.812. The largest absolute Gasteiger partial charge is 0.481 e. The van der Waals surface area contributed by atoms with Crippen molar-refractivity contribution in [2.75, 3.05) is 0 Å². The Morgan fingerprint density at radius 1 is 1.30 bits per heavy atom. The van der Waals surface area contributed by atoms with Crippen LogP contribution in [-0.2, 0) is 9.59 Å². The molecule has 0 spiro atoms. The van der Waals surface area contributed by atoms with Gasteiger partial charge in [0.05, 0.1) is 0 Å². The van der Waals surface area contributed by atoms with Crippen LogP contribution in [0.4, 0.5) is 0 Å². The van der Waals surface area contributed by atoms with Crippen LogP contribution in [0, 0.1) is 11.8 Å². The number of carboxylic acid groups (broad SMARTS) is 1. The van der Waals surface area contributed by atoms with Crippen LogP contribution in [0.15, 0.2) is 34.3 Å². The smallest absolute Gasteiger partial charge is 0.303 e. The molecule has 0 amide bonds. The predicted octanol–water partition coefficient (Wildman–Crippen LogP) is 5.09. The number of hydrogen-bond acceptors (Lipinski definition) is 2. The van der Waals surface area contributed by atoms with Crippen molar-refractivity contribution in [3.05, 3.63) is 39.9 Å². The zero-order valence-electron chi connectivity index (χ0n) is 13.4. The van der Waals surface area contributed by atoms with Crippen molar-refractivity contribution < 1.29 is 14.7 Å². The van der Waals surface area contributed by atoms with E-state index in [4.69, 9.17) is 5.11 Å². The Morgan fingerprint density at radius 2 is 2.00 bits per heavy atom. The summed E-state index contributed by atoms with van der Waals surface area (Å²) in [7, 11) is 0. The topological polar surface area (TPSA) is 54.4 Å². The summed E-state index contributed by atoms with van der Waals surface area (Å²) in [4.78, 5) is 23.8. The molecule has 1 fully saturated rings. The standard InChI is InChI=1S/C19H23BrO3/c1-2-3-4-5-17-14(12-18(21)22)11-15(19(17)23)10-13-6-8-16(20)9-7-13/h6-10,14,17H,2-5,11-12H2,1H3,(H,21,22)/b15-10+/t14-,17-/m1/s1. The highest BCUT2D eigenvalue weighted by molar-refractivity contribution is 9.10. The fourth-order valence-corrected chi connectivity index (χ4v) is 3.55. The quantitative estimate of drug-likeness (QED) is 0.530. The summed E-state index contributed by atoms with van der Waals surface area (Å²) in [5.74, 6) is -0.846. The van der Waals surface area contributed by atoms with E-state index in [-0.39, 0.29) is 24.0 Å². The van der Waals surface area contributed by atoms with Gasteiger partial charge in [-0.25, -0.2) is 0 Å². The number of halogens is 1. The van der Waals surface area contributed by atoms with Gasteiger partial charge in [0.25, 0.3) is 0 Å². The summed E-state index contributed by atoms with van der Waals surface area (Å²) in [6.07, 6.45) is 6.58. The Bertz CT molecular complexity index is 589. The molecule has 0 unspecified atom stereocenters. The van der Waals surface area contributed by atoms with Crippen molar-refractivity contribution in [1.82, 2.24) is 0 Å². The summed E-state index contributed by atoms with van der Waals surface area (Å²) in [5.41, 5.74) is 1.76. The lowest BCUT2D eigenvalue weighted by Crippen LogP contribution is -2.18. The van der Waals surface area contributed by atoms with Gasteiger partial charge in [-0.3, -0.25) is 9.59 Å². The Balaban J connectivity index is 2.16. The third-order valence-electron chi connectivity index (χ3n) is 4.47. The first-order valence-corrected chi connectivity index (χ1v) is 9.02. The molecular weight excluding hydrogens is 356 g/mol. The summed E-state index contributed by atoms with van der Waals surface area (Å²) in [6.45, 7) is 2.13. The Kier molecular flexibility index (Phi) is 6.58. The molecule has 1 aromatic carbocycles. The van der Waals surface area contributed by atoms with Crippen molar-refractivity contribution in [3.8, 4) is 0 Å². The van der Waals surface area contributed by atoms with Crippen molar-refractivity contribution in [2.24, 2.45) is 11.8 Å². The summed E-state index contributed by atoms with van der Waals surface area (Å²) < 4.78 is 0.999. The van der Waals surface area contributed by atoms with E-state index in [1.54, 1.807) is 0 Å². The van der Waals surface area contributed by atoms with E-state index < -0.39 is 5.97 Å². The molecule has 124 valence electrons. The van der Waals surface area contributed by atoms with Gasteiger partial charge in [-0.15, -0.1) is 0 Å². The Hall–Kier alpha value is -1.42. The lowest BCUT2D eigenvalue weighted by molar-refractivity contribution is -0.138. The normalized spacial score (nSPS) is 22.7. The number of aliphatic carboxylic acids is 1. The summed E-state index contributed by atoms with van der Waals surface area (Å²) in [6, 6.07) is 7.81. The fraction of sp³-hybridized carbons (Fsp3) is 0.474. The lowest BCUT2D eigenvalue weighted by Gasteiger charge is -2.15. The monoisotopic (exact) mass is 378 g/mol. The Morgan fingerprint density at radius 3 is 2.61 bits per heavy atom. The van der Waals surface area contributed by atoms with E-state index in [1.165, 1.54) is 0 Å². The van der Waals surface area contributed by atoms with Crippen LogP contribution in [0.2, 0.25) is 0 Å². The van der Waals surface area contributed by atoms with Gasteiger partial charge >= 0.3 is 5.97 Å². The van der Waals surface area contributed by atoms with Gasteiger partial charge in [-0.05, 0) is 48.1 Å². The van der Waals surface area contributed by atoms with Crippen molar-refractivity contribution in [2.45, 2.75) is 45.4 Å².